The molecule has 0 saturated carbocycles. The fourth-order valence-corrected chi connectivity index (χ4v) is 2.44. The summed E-state index contributed by atoms with van der Waals surface area (Å²) >= 11 is 0. The van der Waals surface area contributed by atoms with Gasteiger partial charge in [0.25, 0.3) is 0 Å². The summed E-state index contributed by atoms with van der Waals surface area (Å²) in [6.07, 6.45) is 20.3. The van der Waals surface area contributed by atoms with E-state index in [0.29, 0.717) is 12.8 Å². The molecule has 1 aliphatic heterocycles. The van der Waals surface area contributed by atoms with Gasteiger partial charge in [0.05, 0.1) is 12.2 Å². The smallest absolute Gasteiger partial charge is 0.335 e. The Kier molecular flexibility index (Phi) is 11.2. The Hall–Kier alpha value is -1.39. The van der Waals surface area contributed by atoms with Crippen molar-refractivity contribution >= 4 is 5.97 Å². The third-order valence-electron chi connectivity index (χ3n) is 3.98. The Bertz CT molecular complexity index is 425. The number of carbonyl (C=O) groups is 1. The van der Waals surface area contributed by atoms with Crippen LogP contribution in [0, 0.1) is 0 Å². The van der Waals surface area contributed by atoms with Gasteiger partial charge in [0.1, 0.15) is 0 Å². The zero-order chi connectivity index (χ0) is 17.6. The Morgan fingerprint density at radius 2 is 1.75 bits per heavy atom. The highest BCUT2D eigenvalue weighted by Gasteiger charge is 2.43. The lowest BCUT2D eigenvalue weighted by molar-refractivity contribution is -0.138. The van der Waals surface area contributed by atoms with Gasteiger partial charge in [0.15, 0.2) is 6.10 Å². The molecule has 1 fully saturated rings. The van der Waals surface area contributed by atoms with Gasteiger partial charge in [-0.05, 0) is 44.9 Å². The molecule has 2 N–H and O–H groups in total. The molecule has 0 amide bonds. The lowest BCUT2D eigenvalue weighted by Gasteiger charge is -2.00. The van der Waals surface area contributed by atoms with E-state index in [9.17, 15) is 9.90 Å². The molecule has 0 aromatic rings. The molecule has 0 aromatic heterocycles. The summed E-state index contributed by atoms with van der Waals surface area (Å²) in [7, 11) is 0. The van der Waals surface area contributed by atoms with E-state index in [1.165, 1.54) is 25.7 Å². The molecule has 0 aliphatic carbocycles. The average molecular weight is 336 g/mol. The van der Waals surface area contributed by atoms with E-state index in [2.05, 4.69) is 19.1 Å². The maximum atomic E-state index is 10.6. The standard InChI is InChI=1S/C20H32O4/c1-2-3-4-5-6-7-8-9-10-11-14-17(21)15-12-13-16-18-19(24-18)20(22)23/h6-7,11-14,17-19,21H,2-5,8-10,15-16H2,1H3,(H,22,23)/b7-6-,13-12-,14-11+/t17?,18-,19+/m0/s1. The molecule has 136 valence electrons. The van der Waals surface area contributed by atoms with E-state index in [1.54, 1.807) is 0 Å². The molecule has 1 aliphatic rings. The Morgan fingerprint density at radius 1 is 1.04 bits per heavy atom. The average Bonchev–Trinajstić information content (AvgIpc) is 3.33. The number of hydrogen-bond donors (Lipinski definition) is 2. The summed E-state index contributed by atoms with van der Waals surface area (Å²) in [4.78, 5) is 10.6. The van der Waals surface area contributed by atoms with Crippen LogP contribution in [0.25, 0.3) is 0 Å². The Balaban J connectivity index is 1.95. The monoisotopic (exact) mass is 336 g/mol. The van der Waals surface area contributed by atoms with Crippen molar-refractivity contribution in [3.63, 3.8) is 0 Å². The minimum Gasteiger partial charge on any atom is -0.479 e. The number of hydrogen-bond acceptors (Lipinski definition) is 3. The number of unbranched alkanes of at least 4 members (excludes halogenated alkanes) is 5. The summed E-state index contributed by atoms with van der Waals surface area (Å²) in [6, 6.07) is 0. The van der Waals surface area contributed by atoms with Crippen LogP contribution in [0.2, 0.25) is 0 Å². The minimum absolute atomic E-state index is 0.193. The van der Waals surface area contributed by atoms with Crippen LogP contribution in [0.1, 0.15) is 64.7 Å². The van der Waals surface area contributed by atoms with Gasteiger partial charge in [0, 0.05) is 0 Å². The lowest BCUT2D eigenvalue weighted by Crippen LogP contribution is -2.07. The number of aliphatic carboxylic acids is 1. The van der Waals surface area contributed by atoms with Gasteiger partial charge < -0.3 is 14.9 Å². The molecule has 1 rings (SSSR count). The summed E-state index contributed by atoms with van der Waals surface area (Å²) in [6.45, 7) is 2.22. The molecule has 1 saturated heterocycles. The molecule has 0 radical (unpaired) electrons. The Morgan fingerprint density at radius 3 is 2.42 bits per heavy atom. The van der Waals surface area contributed by atoms with Crippen molar-refractivity contribution < 1.29 is 19.7 Å². The van der Waals surface area contributed by atoms with Gasteiger partial charge in [-0.15, -0.1) is 0 Å². The quantitative estimate of drug-likeness (QED) is 0.280. The van der Waals surface area contributed by atoms with Crippen molar-refractivity contribution in [1.82, 2.24) is 0 Å². The van der Waals surface area contributed by atoms with Crippen LogP contribution >= 0.6 is 0 Å². The van der Waals surface area contributed by atoms with Crippen molar-refractivity contribution in [3.8, 4) is 0 Å². The normalized spacial score (nSPS) is 21.9. The molecule has 24 heavy (non-hydrogen) atoms. The zero-order valence-electron chi connectivity index (χ0n) is 14.8. The van der Waals surface area contributed by atoms with E-state index in [4.69, 9.17) is 9.84 Å². The predicted octanol–water partition coefficient (Wildman–Crippen LogP) is 4.40. The molecule has 1 unspecified atom stereocenters. The Labute approximate surface area is 145 Å². The summed E-state index contributed by atoms with van der Waals surface area (Å²) in [5, 5.41) is 18.5. The number of carboxylic acids is 1. The van der Waals surface area contributed by atoms with E-state index < -0.39 is 18.2 Å². The van der Waals surface area contributed by atoms with E-state index in [0.717, 1.165) is 19.3 Å². The van der Waals surface area contributed by atoms with Crippen LogP contribution in [0.3, 0.4) is 0 Å². The van der Waals surface area contributed by atoms with Gasteiger partial charge in [-0.3, -0.25) is 0 Å². The molecule has 4 nitrogen and oxygen atoms in total. The first-order valence-electron chi connectivity index (χ1n) is 9.18. The highest BCUT2D eigenvalue weighted by molar-refractivity contribution is 5.75. The van der Waals surface area contributed by atoms with Crippen LogP contribution in [-0.4, -0.2) is 34.5 Å². The van der Waals surface area contributed by atoms with Crippen molar-refractivity contribution in [2.24, 2.45) is 0 Å². The second-order valence-electron chi connectivity index (χ2n) is 6.27. The summed E-state index contributed by atoms with van der Waals surface area (Å²) < 4.78 is 4.99. The molecular formula is C20H32O4. The maximum Gasteiger partial charge on any atom is 0.335 e. The zero-order valence-corrected chi connectivity index (χ0v) is 14.8. The fraction of sp³-hybridized carbons (Fsp3) is 0.650. The molecular weight excluding hydrogens is 304 g/mol. The number of ether oxygens (including phenoxy) is 1. The first-order valence-corrected chi connectivity index (χ1v) is 9.18. The van der Waals surface area contributed by atoms with Crippen LogP contribution in [0.15, 0.2) is 36.5 Å². The summed E-state index contributed by atoms with van der Waals surface area (Å²) in [5.41, 5.74) is 0. The van der Waals surface area contributed by atoms with E-state index in [-0.39, 0.29) is 6.10 Å². The van der Waals surface area contributed by atoms with Crippen LogP contribution in [0.4, 0.5) is 0 Å². The van der Waals surface area contributed by atoms with Gasteiger partial charge in [0.2, 0.25) is 0 Å². The number of allylic oxidation sites excluding steroid dienone is 3. The largest absolute Gasteiger partial charge is 0.479 e. The van der Waals surface area contributed by atoms with Gasteiger partial charge in [-0.1, -0.05) is 56.2 Å². The highest BCUT2D eigenvalue weighted by atomic mass is 16.6. The second-order valence-corrected chi connectivity index (χ2v) is 6.27. The lowest BCUT2D eigenvalue weighted by atomic mass is 10.1. The number of carboxylic acid groups (broad SMARTS) is 1. The third kappa shape index (κ3) is 10.4. The minimum atomic E-state index is -0.896. The molecule has 4 heteroatoms. The molecule has 3 atom stereocenters. The highest BCUT2D eigenvalue weighted by Crippen LogP contribution is 2.25. The van der Waals surface area contributed by atoms with Crippen LogP contribution in [0.5, 0.6) is 0 Å². The van der Waals surface area contributed by atoms with Gasteiger partial charge in [-0.2, -0.15) is 0 Å². The molecule has 0 spiro atoms. The first kappa shape index (κ1) is 20.7. The molecule has 1 heterocycles. The first-order chi connectivity index (χ1) is 11.6. The van der Waals surface area contributed by atoms with Gasteiger partial charge in [-0.25, -0.2) is 4.79 Å². The van der Waals surface area contributed by atoms with Crippen molar-refractivity contribution in [3.05, 3.63) is 36.5 Å². The number of aliphatic hydroxyl groups is 1. The summed E-state index contributed by atoms with van der Waals surface area (Å²) in [5.74, 6) is -0.896. The molecule has 0 bridgehead atoms. The second kappa shape index (κ2) is 13.0. The fourth-order valence-electron chi connectivity index (χ4n) is 2.44. The maximum absolute atomic E-state index is 10.6. The number of epoxide rings is 1. The number of rotatable bonds is 14. The van der Waals surface area contributed by atoms with Gasteiger partial charge >= 0.3 is 5.97 Å². The van der Waals surface area contributed by atoms with E-state index >= 15 is 0 Å². The van der Waals surface area contributed by atoms with E-state index in [1.807, 2.05) is 24.3 Å². The van der Waals surface area contributed by atoms with Crippen LogP contribution in [-0.2, 0) is 9.53 Å². The van der Waals surface area contributed by atoms with Crippen molar-refractivity contribution in [2.75, 3.05) is 0 Å². The third-order valence-corrected chi connectivity index (χ3v) is 3.98. The topological polar surface area (TPSA) is 70.1 Å². The van der Waals surface area contributed by atoms with Crippen LogP contribution < -0.4 is 0 Å². The predicted molar refractivity (Wildman–Crippen MR) is 97.0 cm³/mol. The molecule has 0 aromatic carbocycles. The SMILES string of the molecule is CCCCC/C=C\CCC/C=C/C(O)C/C=C\C[C@@H]1O[C@H]1C(=O)O. The van der Waals surface area contributed by atoms with Crippen molar-refractivity contribution in [2.45, 2.75) is 83.0 Å². The number of aliphatic hydroxyl groups excluding tert-OH is 1. The van der Waals surface area contributed by atoms with Crippen molar-refractivity contribution in [1.29, 1.82) is 0 Å².